The standard InChI is InChI=1S/C13H22N4O2/c1-8-7-15-17-10(8)11-9(5-6-14-11)16-12(18)19-13(2,3)4/h7,9,11,14H,5-6H2,1-4H3,(H,15,17)(H,16,18)/t9-,11-/m1/s1. The van der Waals surface area contributed by atoms with Crippen molar-refractivity contribution in [2.24, 2.45) is 0 Å². The van der Waals surface area contributed by atoms with E-state index in [1.54, 1.807) is 6.20 Å². The quantitative estimate of drug-likeness (QED) is 0.760. The Morgan fingerprint density at radius 3 is 2.84 bits per heavy atom. The molecule has 1 fully saturated rings. The lowest BCUT2D eigenvalue weighted by Gasteiger charge is -2.24. The van der Waals surface area contributed by atoms with Gasteiger partial charge in [-0.05, 0) is 46.2 Å². The van der Waals surface area contributed by atoms with Crippen molar-refractivity contribution in [3.63, 3.8) is 0 Å². The Hall–Kier alpha value is -1.56. The second kappa shape index (κ2) is 5.21. The zero-order chi connectivity index (χ0) is 14.0. The lowest BCUT2D eigenvalue weighted by molar-refractivity contribution is 0.0500. The number of aryl methyl sites for hydroxylation is 1. The highest BCUT2D eigenvalue weighted by Crippen LogP contribution is 2.24. The van der Waals surface area contributed by atoms with Crippen LogP contribution in [-0.2, 0) is 4.74 Å². The molecule has 0 saturated carbocycles. The minimum absolute atomic E-state index is 0.0222. The second-order valence-corrected chi connectivity index (χ2v) is 5.94. The molecule has 1 aliphatic rings. The molecular weight excluding hydrogens is 244 g/mol. The lowest BCUT2D eigenvalue weighted by Crippen LogP contribution is -2.41. The van der Waals surface area contributed by atoms with E-state index in [-0.39, 0.29) is 18.2 Å². The molecule has 1 saturated heterocycles. The van der Waals surface area contributed by atoms with E-state index in [4.69, 9.17) is 4.74 Å². The van der Waals surface area contributed by atoms with Crippen LogP contribution in [0.4, 0.5) is 4.79 Å². The summed E-state index contributed by atoms with van der Waals surface area (Å²) in [6, 6.07) is 0.0871. The number of ether oxygens (including phenoxy) is 1. The summed E-state index contributed by atoms with van der Waals surface area (Å²) in [4.78, 5) is 11.8. The molecule has 3 N–H and O–H groups in total. The van der Waals surface area contributed by atoms with E-state index >= 15 is 0 Å². The van der Waals surface area contributed by atoms with Crippen LogP contribution < -0.4 is 10.6 Å². The maximum atomic E-state index is 11.8. The van der Waals surface area contributed by atoms with Gasteiger partial charge < -0.3 is 15.4 Å². The van der Waals surface area contributed by atoms with E-state index in [0.717, 1.165) is 24.2 Å². The van der Waals surface area contributed by atoms with Crippen molar-refractivity contribution in [3.05, 3.63) is 17.5 Å². The minimum atomic E-state index is -0.477. The van der Waals surface area contributed by atoms with Crippen LogP contribution in [0.25, 0.3) is 0 Å². The van der Waals surface area contributed by atoms with Gasteiger partial charge >= 0.3 is 6.09 Å². The highest BCUT2D eigenvalue weighted by atomic mass is 16.6. The fraction of sp³-hybridized carbons (Fsp3) is 0.692. The number of H-pyrrole nitrogens is 1. The molecule has 0 radical (unpaired) electrons. The van der Waals surface area contributed by atoms with E-state index in [0.29, 0.717) is 0 Å². The van der Waals surface area contributed by atoms with Crippen molar-refractivity contribution in [1.82, 2.24) is 20.8 Å². The third-order valence-corrected chi connectivity index (χ3v) is 3.10. The molecular formula is C13H22N4O2. The third-order valence-electron chi connectivity index (χ3n) is 3.10. The van der Waals surface area contributed by atoms with Gasteiger partial charge in [0.15, 0.2) is 0 Å². The van der Waals surface area contributed by atoms with Crippen LogP contribution in [0.3, 0.4) is 0 Å². The van der Waals surface area contributed by atoms with Gasteiger partial charge in [-0.15, -0.1) is 0 Å². The summed E-state index contributed by atoms with van der Waals surface area (Å²) in [5, 5.41) is 13.3. The molecule has 0 unspecified atom stereocenters. The van der Waals surface area contributed by atoms with Gasteiger partial charge in [0.1, 0.15) is 5.60 Å². The summed E-state index contributed by atoms with van der Waals surface area (Å²) >= 11 is 0. The molecule has 0 aliphatic carbocycles. The number of carbonyl (C=O) groups excluding carboxylic acids is 1. The molecule has 1 aliphatic heterocycles. The zero-order valence-electron chi connectivity index (χ0n) is 11.9. The van der Waals surface area contributed by atoms with Crippen LogP contribution in [0.15, 0.2) is 6.20 Å². The first-order valence-electron chi connectivity index (χ1n) is 6.59. The zero-order valence-corrected chi connectivity index (χ0v) is 11.9. The van der Waals surface area contributed by atoms with Gasteiger partial charge in [0, 0.05) is 0 Å². The van der Waals surface area contributed by atoms with Crippen molar-refractivity contribution in [2.75, 3.05) is 6.54 Å². The molecule has 1 amide bonds. The first kappa shape index (κ1) is 13.9. The Morgan fingerprint density at radius 2 is 2.26 bits per heavy atom. The Morgan fingerprint density at radius 1 is 1.53 bits per heavy atom. The largest absolute Gasteiger partial charge is 0.444 e. The number of aromatic amines is 1. The van der Waals surface area contributed by atoms with Crippen molar-refractivity contribution >= 4 is 6.09 Å². The highest BCUT2D eigenvalue weighted by molar-refractivity contribution is 5.68. The van der Waals surface area contributed by atoms with E-state index < -0.39 is 5.60 Å². The van der Waals surface area contributed by atoms with Gasteiger partial charge in [0.05, 0.1) is 24.0 Å². The van der Waals surface area contributed by atoms with Gasteiger partial charge in [-0.1, -0.05) is 0 Å². The molecule has 0 aromatic carbocycles. The van der Waals surface area contributed by atoms with Gasteiger partial charge in [0.2, 0.25) is 0 Å². The monoisotopic (exact) mass is 266 g/mol. The molecule has 19 heavy (non-hydrogen) atoms. The smallest absolute Gasteiger partial charge is 0.407 e. The molecule has 106 valence electrons. The van der Waals surface area contributed by atoms with E-state index in [2.05, 4.69) is 20.8 Å². The molecule has 6 heteroatoms. The number of rotatable bonds is 2. The first-order chi connectivity index (χ1) is 8.87. The minimum Gasteiger partial charge on any atom is -0.444 e. The molecule has 2 heterocycles. The summed E-state index contributed by atoms with van der Waals surface area (Å²) in [6.07, 6.45) is 2.30. The van der Waals surface area contributed by atoms with Gasteiger partial charge in [-0.25, -0.2) is 4.79 Å². The van der Waals surface area contributed by atoms with Crippen LogP contribution in [0, 0.1) is 6.92 Å². The van der Waals surface area contributed by atoms with Gasteiger partial charge in [-0.3, -0.25) is 5.10 Å². The fourth-order valence-electron chi connectivity index (χ4n) is 2.29. The average Bonchev–Trinajstić information content (AvgIpc) is 2.83. The molecule has 1 aromatic heterocycles. The molecule has 6 nitrogen and oxygen atoms in total. The number of amides is 1. The number of nitrogens with zero attached hydrogens (tertiary/aromatic N) is 1. The summed E-state index contributed by atoms with van der Waals surface area (Å²) in [6.45, 7) is 8.44. The van der Waals surface area contributed by atoms with Gasteiger partial charge in [-0.2, -0.15) is 5.10 Å². The SMILES string of the molecule is Cc1cn[nH]c1[C@@H]1NCC[C@H]1NC(=O)OC(C)(C)C. The predicted octanol–water partition coefficient (Wildman–Crippen LogP) is 1.65. The predicted molar refractivity (Wildman–Crippen MR) is 71.8 cm³/mol. The fourth-order valence-corrected chi connectivity index (χ4v) is 2.29. The summed E-state index contributed by atoms with van der Waals surface area (Å²) in [7, 11) is 0. The van der Waals surface area contributed by atoms with Crippen molar-refractivity contribution in [1.29, 1.82) is 0 Å². The third kappa shape index (κ3) is 3.47. The number of aromatic nitrogens is 2. The Balaban J connectivity index is 2.00. The molecule has 2 atom stereocenters. The van der Waals surface area contributed by atoms with E-state index in [1.807, 2.05) is 27.7 Å². The van der Waals surface area contributed by atoms with Crippen LogP contribution >= 0.6 is 0 Å². The summed E-state index contributed by atoms with van der Waals surface area (Å²) < 4.78 is 5.29. The van der Waals surface area contributed by atoms with Gasteiger partial charge in [0.25, 0.3) is 0 Å². The summed E-state index contributed by atoms with van der Waals surface area (Å²) in [5.41, 5.74) is 1.64. The lowest BCUT2D eigenvalue weighted by atomic mass is 10.0. The normalized spacial score (nSPS) is 23.4. The number of hydrogen-bond acceptors (Lipinski definition) is 4. The Labute approximate surface area is 113 Å². The number of alkyl carbamates (subject to hydrolysis) is 1. The number of nitrogens with one attached hydrogen (secondary N) is 3. The van der Waals surface area contributed by atoms with Crippen LogP contribution in [0.1, 0.15) is 44.5 Å². The Kier molecular flexibility index (Phi) is 3.80. The maximum absolute atomic E-state index is 11.8. The van der Waals surface area contributed by atoms with E-state index in [1.165, 1.54) is 0 Å². The van der Waals surface area contributed by atoms with E-state index in [9.17, 15) is 4.79 Å². The number of hydrogen-bond donors (Lipinski definition) is 3. The topological polar surface area (TPSA) is 79.0 Å². The van der Waals surface area contributed by atoms with Crippen LogP contribution in [0.5, 0.6) is 0 Å². The van der Waals surface area contributed by atoms with Crippen molar-refractivity contribution in [2.45, 2.75) is 51.8 Å². The average molecular weight is 266 g/mol. The molecule has 2 rings (SSSR count). The maximum Gasteiger partial charge on any atom is 0.407 e. The molecule has 0 spiro atoms. The molecule has 1 aromatic rings. The van der Waals surface area contributed by atoms with Crippen LogP contribution in [0.2, 0.25) is 0 Å². The van der Waals surface area contributed by atoms with Crippen molar-refractivity contribution < 1.29 is 9.53 Å². The summed E-state index contributed by atoms with van der Waals surface area (Å²) in [5.74, 6) is 0. The number of carbonyl (C=O) groups is 1. The second-order valence-electron chi connectivity index (χ2n) is 5.94. The molecule has 0 bridgehead atoms. The Bertz CT molecular complexity index is 450. The van der Waals surface area contributed by atoms with Crippen LogP contribution in [-0.4, -0.2) is 34.5 Å². The highest BCUT2D eigenvalue weighted by Gasteiger charge is 2.32. The first-order valence-corrected chi connectivity index (χ1v) is 6.59. The van der Waals surface area contributed by atoms with Crippen molar-refractivity contribution in [3.8, 4) is 0 Å².